The van der Waals surface area contributed by atoms with Crippen molar-refractivity contribution in [1.82, 2.24) is 9.97 Å². The number of nitrogens with one attached hydrogen (secondary N) is 1. The predicted molar refractivity (Wildman–Crippen MR) is 77.2 cm³/mol. The van der Waals surface area contributed by atoms with Crippen LogP contribution in [0.25, 0.3) is 11.3 Å². The van der Waals surface area contributed by atoms with E-state index in [-0.39, 0.29) is 0 Å². The first-order valence-electron chi connectivity index (χ1n) is 5.64. The number of hydrazine groups is 1. The molecule has 4 nitrogen and oxygen atoms in total. The normalized spacial score (nSPS) is 10.4. The van der Waals surface area contributed by atoms with Gasteiger partial charge < -0.3 is 5.43 Å². The van der Waals surface area contributed by atoms with E-state index in [4.69, 9.17) is 5.84 Å². The van der Waals surface area contributed by atoms with E-state index in [1.54, 1.807) is 11.8 Å². The van der Waals surface area contributed by atoms with E-state index in [1.165, 1.54) is 0 Å². The van der Waals surface area contributed by atoms with Crippen LogP contribution in [0.3, 0.4) is 0 Å². The van der Waals surface area contributed by atoms with Gasteiger partial charge in [0.25, 0.3) is 0 Å². The van der Waals surface area contributed by atoms with Crippen LogP contribution in [-0.4, -0.2) is 16.2 Å². The van der Waals surface area contributed by atoms with Gasteiger partial charge in [-0.05, 0) is 13.2 Å². The Kier molecular flexibility index (Phi) is 4.17. The van der Waals surface area contributed by atoms with Crippen molar-refractivity contribution in [3.8, 4) is 11.3 Å². The van der Waals surface area contributed by atoms with E-state index >= 15 is 0 Å². The van der Waals surface area contributed by atoms with Gasteiger partial charge in [-0.3, -0.25) is 0 Å². The Morgan fingerprint density at radius 3 is 2.56 bits per heavy atom. The minimum Gasteiger partial charge on any atom is -0.308 e. The van der Waals surface area contributed by atoms with Gasteiger partial charge in [0, 0.05) is 11.1 Å². The molecule has 0 spiro atoms. The van der Waals surface area contributed by atoms with Gasteiger partial charge in [0.2, 0.25) is 0 Å². The summed E-state index contributed by atoms with van der Waals surface area (Å²) in [6, 6.07) is 10.1. The van der Waals surface area contributed by atoms with E-state index in [0.717, 1.165) is 28.4 Å². The van der Waals surface area contributed by atoms with E-state index in [9.17, 15) is 0 Å². The summed E-state index contributed by atoms with van der Waals surface area (Å²) < 4.78 is 0. The standard InChI is InChI=1S/C13H16N4S/c1-9-12(10-6-4-3-5-7-10)15-11(8-18-2)16-13(9)17-14/h3-7H,8,14H2,1-2H3,(H,15,16,17). The first-order valence-corrected chi connectivity index (χ1v) is 7.04. The Bertz CT molecular complexity index is 528. The van der Waals surface area contributed by atoms with Gasteiger partial charge in [0.1, 0.15) is 11.6 Å². The summed E-state index contributed by atoms with van der Waals surface area (Å²) in [6.45, 7) is 1.97. The van der Waals surface area contributed by atoms with Gasteiger partial charge in [0.05, 0.1) is 11.4 Å². The fourth-order valence-electron chi connectivity index (χ4n) is 1.77. The third kappa shape index (κ3) is 2.63. The monoisotopic (exact) mass is 260 g/mol. The number of hydrogen-bond donors (Lipinski definition) is 2. The number of hydrogen-bond acceptors (Lipinski definition) is 5. The number of nitrogen functional groups attached to an aromatic ring is 1. The van der Waals surface area contributed by atoms with Crippen LogP contribution in [0.15, 0.2) is 30.3 Å². The van der Waals surface area contributed by atoms with Crippen LogP contribution in [0.2, 0.25) is 0 Å². The molecule has 1 aromatic carbocycles. The maximum Gasteiger partial charge on any atom is 0.147 e. The molecule has 0 saturated heterocycles. The van der Waals surface area contributed by atoms with Crippen molar-refractivity contribution in [1.29, 1.82) is 0 Å². The molecule has 5 heteroatoms. The smallest absolute Gasteiger partial charge is 0.147 e. The molecule has 0 amide bonds. The molecule has 18 heavy (non-hydrogen) atoms. The lowest BCUT2D eigenvalue weighted by Crippen LogP contribution is -2.13. The Morgan fingerprint density at radius 1 is 1.22 bits per heavy atom. The first kappa shape index (κ1) is 12.9. The fourth-order valence-corrected chi connectivity index (χ4v) is 2.16. The van der Waals surface area contributed by atoms with Gasteiger partial charge in [-0.1, -0.05) is 30.3 Å². The molecule has 0 aliphatic rings. The lowest BCUT2D eigenvalue weighted by molar-refractivity contribution is 1.01. The molecule has 3 N–H and O–H groups in total. The molecule has 94 valence electrons. The summed E-state index contributed by atoms with van der Waals surface area (Å²) in [4.78, 5) is 9.01. The molecular weight excluding hydrogens is 244 g/mol. The van der Waals surface area contributed by atoms with Gasteiger partial charge in [-0.15, -0.1) is 0 Å². The number of aromatic nitrogens is 2. The van der Waals surface area contributed by atoms with Crippen LogP contribution in [-0.2, 0) is 5.75 Å². The second-order valence-corrected chi connectivity index (χ2v) is 4.77. The topological polar surface area (TPSA) is 63.8 Å². The van der Waals surface area contributed by atoms with Crippen LogP contribution < -0.4 is 11.3 Å². The van der Waals surface area contributed by atoms with Crippen molar-refractivity contribution in [3.05, 3.63) is 41.7 Å². The highest BCUT2D eigenvalue weighted by atomic mass is 32.2. The zero-order chi connectivity index (χ0) is 13.0. The van der Waals surface area contributed by atoms with Gasteiger partial charge in [0.15, 0.2) is 0 Å². The van der Waals surface area contributed by atoms with Crippen molar-refractivity contribution >= 4 is 17.6 Å². The molecular formula is C13H16N4S. The zero-order valence-electron chi connectivity index (χ0n) is 10.5. The maximum atomic E-state index is 5.52. The summed E-state index contributed by atoms with van der Waals surface area (Å²) >= 11 is 1.69. The molecule has 0 atom stereocenters. The minimum atomic E-state index is 0.688. The number of nitrogens with two attached hydrogens (primary N) is 1. The van der Waals surface area contributed by atoms with Crippen molar-refractivity contribution < 1.29 is 0 Å². The van der Waals surface area contributed by atoms with Crippen LogP contribution in [0, 0.1) is 6.92 Å². The average Bonchev–Trinajstić information content (AvgIpc) is 2.42. The van der Waals surface area contributed by atoms with Gasteiger partial charge in [-0.25, -0.2) is 15.8 Å². The van der Waals surface area contributed by atoms with E-state index in [2.05, 4.69) is 15.4 Å². The second-order valence-electron chi connectivity index (χ2n) is 3.91. The number of anilines is 1. The number of nitrogens with zero attached hydrogens (tertiary/aromatic N) is 2. The van der Waals surface area contributed by atoms with Crippen molar-refractivity contribution in [2.24, 2.45) is 5.84 Å². The van der Waals surface area contributed by atoms with Crippen molar-refractivity contribution in [3.63, 3.8) is 0 Å². The molecule has 2 rings (SSSR count). The Hall–Kier alpha value is -1.59. The second kappa shape index (κ2) is 5.84. The fraction of sp³-hybridized carbons (Fsp3) is 0.231. The third-order valence-corrected chi connectivity index (χ3v) is 3.20. The molecule has 0 aliphatic heterocycles. The zero-order valence-corrected chi connectivity index (χ0v) is 11.3. The van der Waals surface area contributed by atoms with Crippen LogP contribution in [0.1, 0.15) is 11.4 Å². The van der Waals surface area contributed by atoms with Crippen LogP contribution >= 0.6 is 11.8 Å². The molecule has 1 heterocycles. The summed E-state index contributed by atoms with van der Waals surface area (Å²) in [5.74, 6) is 7.77. The van der Waals surface area contributed by atoms with Crippen LogP contribution in [0.5, 0.6) is 0 Å². The molecule has 0 fully saturated rings. The lowest BCUT2D eigenvalue weighted by Gasteiger charge is -2.11. The van der Waals surface area contributed by atoms with Crippen LogP contribution in [0.4, 0.5) is 5.82 Å². The van der Waals surface area contributed by atoms with E-state index < -0.39 is 0 Å². The SMILES string of the molecule is CSCc1nc(NN)c(C)c(-c2ccccc2)n1. The molecule has 2 aromatic rings. The Balaban J connectivity index is 2.55. The highest BCUT2D eigenvalue weighted by molar-refractivity contribution is 7.97. The minimum absolute atomic E-state index is 0.688. The predicted octanol–water partition coefficient (Wildman–Crippen LogP) is 2.60. The quantitative estimate of drug-likeness (QED) is 0.653. The van der Waals surface area contributed by atoms with Crippen molar-refractivity contribution in [2.75, 3.05) is 11.7 Å². The average molecular weight is 260 g/mol. The summed E-state index contributed by atoms with van der Waals surface area (Å²) in [5.41, 5.74) is 5.62. The molecule has 0 bridgehead atoms. The largest absolute Gasteiger partial charge is 0.308 e. The first-order chi connectivity index (χ1) is 8.76. The molecule has 0 unspecified atom stereocenters. The number of thioether (sulfide) groups is 1. The van der Waals surface area contributed by atoms with Gasteiger partial charge >= 0.3 is 0 Å². The molecule has 0 radical (unpaired) electrons. The highest BCUT2D eigenvalue weighted by Crippen LogP contribution is 2.25. The number of rotatable bonds is 4. The Morgan fingerprint density at radius 2 is 1.94 bits per heavy atom. The van der Waals surface area contributed by atoms with Gasteiger partial charge in [-0.2, -0.15) is 11.8 Å². The molecule has 1 aromatic heterocycles. The molecule has 0 aliphatic carbocycles. The third-order valence-electron chi connectivity index (χ3n) is 2.65. The lowest BCUT2D eigenvalue weighted by atomic mass is 10.1. The summed E-state index contributed by atoms with van der Waals surface area (Å²) in [6.07, 6.45) is 2.03. The highest BCUT2D eigenvalue weighted by Gasteiger charge is 2.11. The summed E-state index contributed by atoms with van der Waals surface area (Å²) in [7, 11) is 0. The molecule has 0 saturated carbocycles. The van der Waals surface area contributed by atoms with E-state index in [1.807, 2.05) is 43.5 Å². The number of benzene rings is 1. The summed E-state index contributed by atoms with van der Waals surface area (Å²) in [5, 5.41) is 0. The van der Waals surface area contributed by atoms with E-state index in [0.29, 0.717) is 5.82 Å². The maximum absolute atomic E-state index is 5.52. The Labute approximate surface area is 111 Å². The van der Waals surface area contributed by atoms with Crippen molar-refractivity contribution in [2.45, 2.75) is 12.7 Å².